The van der Waals surface area contributed by atoms with E-state index in [-0.39, 0.29) is 24.0 Å². The second-order valence-electron chi connectivity index (χ2n) is 7.57. The Hall–Kier alpha value is -2.80. The summed E-state index contributed by atoms with van der Waals surface area (Å²) in [6.45, 7) is 2.88. The number of carbonyl (C=O) groups excluding carboxylic acids is 2. The fourth-order valence-corrected chi connectivity index (χ4v) is 3.98. The molecule has 1 unspecified atom stereocenters. The van der Waals surface area contributed by atoms with E-state index in [1.165, 1.54) is 6.26 Å². The molecule has 0 bridgehead atoms. The first-order valence-electron chi connectivity index (χ1n) is 10.3. The number of furan rings is 1. The van der Waals surface area contributed by atoms with Gasteiger partial charge in [-0.3, -0.25) is 9.59 Å². The van der Waals surface area contributed by atoms with Crippen LogP contribution in [0.1, 0.15) is 46.6 Å². The number of nitrogens with one attached hydrogen (secondary N) is 2. The zero-order chi connectivity index (χ0) is 20.1. The smallest absolute Gasteiger partial charge is 0.287 e. The van der Waals surface area contributed by atoms with Crippen molar-refractivity contribution in [1.29, 1.82) is 0 Å². The van der Waals surface area contributed by atoms with Gasteiger partial charge < -0.3 is 24.7 Å². The van der Waals surface area contributed by atoms with E-state index in [1.54, 1.807) is 12.1 Å². The van der Waals surface area contributed by atoms with Crippen LogP contribution < -0.4 is 15.5 Å². The van der Waals surface area contributed by atoms with Crippen molar-refractivity contribution >= 4 is 17.5 Å². The van der Waals surface area contributed by atoms with Gasteiger partial charge in [-0.2, -0.15) is 0 Å². The number of rotatable bonds is 6. The third kappa shape index (κ3) is 4.79. The number of hydrogen-bond donors (Lipinski definition) is 2. The van der Waals surface area contributed by atoms with Crippen molar-refractivity contribution < 1.29 is 18.7 Å². The van der Waals surface area contributed by atoms with Crippen LogP contribution in [0.2, 0.25) is 0 Å². The van der Waals surface area contributed by atoms with Gasteiger partial charge in [-0.25, -0.2) is 0 Å². The van der Waals surface area contributed by atoms with E-state index in [1.807, 2.05) is 24.3 Å². The van der Waals surface area contributed by atoms with E-state index in [0.717, 1.165) is 51.1 Å². The lowest BCUT2D eigenvalue weighted by molar-refractivity contribution is 0.0858. The van der Waals surface area contributed by atoms with Crippen LogP contribution in [0.15, 0.2) is 47.1 Å². The molecule has 1 atom stereocenters. The molecule has 1 aromatic heterocycles. The van der Waals surface area contributed by atoms with Crippen LogP contribution in [-0.4, -0.2) is 50.2 Å². The lowest BCUT2D eigenvalue weighted by Crippen LogP contribution is -2.45. The van der Waals surface area contributed by atoms with Gasteiger partial charge in [0.25, 0.3) is 11.8 Å². The highest BCUT2D eigenvalue weighted by Gasteiger charge is 2.25. The van der Waals surface area contributed by atoms with Gasteiger partial charge >= 0.3 is 0 Å². The van der Waals surface area contributed by atoms with Crippen molar-refractivity contribution in [3.63, 3.8) is 0 Å². The van der Waals surface area contributed by atoms with Gasteiger partial charge in [0.2, 0.25) is 0 Å². The minimum atomic E-state index is -0.178. The van der Waals surface area contributed by atoms with E-state index in [9.17, 15) is 9.59 Å². The standard InChI is InChI=1S/C22H27N3O4/c26-21(23-15-17-5-3-13-28-17)18-6-1-2-7-19(18)25-11-9-16(10-12-25)24-22(27)20-8-4-14-29-20/h1-2,4,6-8,14,16-17H,3,5,9-13,15H2,(H,23,26)(H,24,27). The predicted octanol–water partition coefficient (Wildman–Crippen LogP) is 2.59. The highest BCUT2D eigenvalue weighted by Crippen LogP contribution is 2.24. The summed E-state index contributed by atoms with van der Waals surface area (Å²) < 4.78 is 10.7. The first-order chi connectivity index (χ1) is 14.2. The summed E-state index contributed by atoms with van der Waals surface area (Å²) in [6.07, 6.45) is 5.32. The molecule has 0 spiro atoms. The van der Waals surface area contributed by atoms with Gasteiger partial charge in [-0.15, -0.1) is 0 Å². The number of benzene rings is 1. The SMILES string of the molecule is O=C(NC1CCN(c2ccccc2C(=O)NCC2CCCO2)CC1)c1ccco1. The number of ether oxygens (including phenoxy) is 1. The molecule has 2 saturated heterocycles. The molecule has 2 aliphatic rings. The first-order valence-corrected chi connectivity index (χ1v) is 10.3. The summed E-state index contributed by atoms with van der Waals surface area (Å²) in [5.74, 6) is 0.0902. The van der Waals surface area contributed by atoms with Crippen molar-refractivity contribution in [1.82, 2.24) is 10.6 Å². The second-order valence-corrected chi connectivity index (χ2v) is 7.57. The van der Waals surface area contributed by atoms with E-state index in [4.69, 9.17) is 9.15 Å². The summed E-state index contributed by atoms with van der Waals surface area (Å²) in [6, 6.07) is 11.2. The molecule has 0 aliphatic carbocycles. The largest absolute Gasteiger partial charge is 0.459 e. The Balaban J connectivity index is 1.33. The average Bonchev–Trinajstić information content (AvgIpc) is 3.47. The zero-order valence-electron chi connectivity index (χ0n) is 16.4. The van der Waals surface area contributed by atoms with Crippen LogP contribution in [0.5, 0.6) is 0 Å². The molecule has 1 aromatic carbocycles. The lowest BCUT2D eigenvalue weighted by atomic mass is 10.0. The van der Waals surface area contributed by atoms with E-state index in [2.05, 4.69) is 15.5 Å². The molecule has 7 heteroatoms. The monoisotopic (exact) mass is 397 g/mol. The Morgan fingerprint density at radius 1 is 1.03 bits per heavy atom. The van der Waals surface area contributed by atoms with Gasteiger partial charge in [0, 0.05) is 38.0 Å². The molecule has 2 N–H and O–H groups in total. The Bertz CT molecular complexity index is 822. The fourth-order valence-electron chi connectivity index (χ4n) is 3.98. The second kappa shape index (κ2) is 9.13. The molecular formula is C22H27N3O4. The summed E-state index contributed by atoms with van der Waals surface area (Å²) in [5.41, 5.74) is 1.62. The van der Waals surface area contributed by atoms with Crippen LogP contribution in [0.3, 0.4) is 0 Å². The summed E-state index contributed by atoms with van der Waals surface area (Å²) >= 11 is 0. The Labute approximate surface area is 170 Å². The Morgan fingerprint density at radius 3 is 2.59 bits per heavy atom. The molecule has 3 heterocycles. The molecule has 7 nitrogen and oxygen atoms in total. The molecule has 2 amide bonds. The van der Waals surface area contributed by atoms with E-state index < -0.39 is 0 Å². The molecule has 154 valence electrons. The van der Waals surface area contributed by atoms with Crippen LogP contribution in [0.25, 0.3) is 0 Å². The highest BCUT2D eigenvalue weighted by atomic mass is 16.5. The van der Waals surface area contributed by atoms with Gasteiger partial charge in [0.1, 0.15) is 0 Å². The minimum Gasteiger partial charge on any atom is -0.459 e. The lowest BCUT2D eigenvalue weighted by Gasteiger charge is -2.34. The van der Waals surface area contributed by atoms with E-state index in [0.29, 0.717) is 17.9 Å². The molecule has 4 rings (SSSR count). The molecule has 0 saturated carbocycles. The van der Waals surface area contributed by atoms with E-state index >= 15 is 0 Å². The van der Waals surface area contributed by atoms with Gasteiger partial charge in [0.05, 0.1) is 17.9 Å². The molecule has 29 heavy (non-hydrogen) atoms. The van der Waals surface area contributed by atoms with Crippen LogP contribution >= 0.6 is 0 Å². The fraction of sp³-hybridized carbons (Fsp3) is 0.455. The predicted molar refractivity (Wildman–Crippen MR) is 109 cm³/mol. The van der Waals surface area contributed by atoms with Gasteiger partial charge in [0.15, 0.2) is 5.76 Å². The summed E-state index contributed by atoms with van der Waals surface area (Å²) in [4.78, 5) is 27.1. The van der Waals surface area contributed by atoms with Gasteiger partial charge in [-0.1, -0.05) is 12.1 Å². The van der Waals surface area contributed by atoms with Crippen molar-refractivity contribution in [2.24, 2.45) is 0 Å². The van der Waals surface area contributed by atoms with Crippen LogP contribution in [-0.2, 0) is 4.74 Å². The Kier molecular flexibility index (Phi) is 6.14. The molecule has 2 aliphatic heterocycles. The normalized spacial score (nSPS) is 19.9. The van der Waals surface area contributed by atoms with Crippen molar-refractivity contribution in [3.8, 4) is 0 Å². The van der Waals surface area contributed by atoms with Crippen molar-refractivity contribution in [3.05, 3.63) is 54.0 Å². The van der Waals surface area contributed by atoms with Crippen molar-refractivity contribution in [2.75, 3.05) is 31.1 Å². The number of anilines is 1. The number of nitrogens with zero attached hydrogens (tertiary/aromatic N) is 1. The number of amides is 2. The third-order valence-electron chi connectivity index (χ3n) is 5.58. The maximum Gasteiger partial charge on any atom is 0.287 e. The minimum absolute atomic E-state index is 0.0654. The summed E-state index contributed by atoms with van der Waals surface area (Å²) in [5, 5.41) is 6.04. The molecule has 0 radical (unpaired) electrons. The topological polar surface area (TPSA) is 83.8 Å². The molecule has 2 aromatic rings. The average molecular weight is 397 g/mol. The highest BCUT2D eigenvalue weighted by molar-refractivity contribution is 5.99. The van der Waals surface area contributed by atoms with Crippen LogP contribution in [0.4, 0.5) is 5.69 Å². The Morgan fingerprint density at radius 2 is 1.86 bits per heavy atom. The third-order valence-corrected chi connectivity index (χ3v) is 5.58. The molecule has 2 fully saturated rings. The maximum absolute atomic E-state index is 12.7. The van der Waals surface area contributed by atoms with Gasteiger partial charge in [-0.05, 0) is 49.9 Å². The van der Waals surface area contributed by atoms with Crippen molar-refractivity contribution in [2.45, 2.75) is 37.8 Å². The first kappa shape index (κ1) is 19.5. The summed E-state index contributed by atoms with van der Waals surface area (Å²) in [7, 11) is 0. The number of para-hydroxylation sites is 1. The molecular weight excluding hydrogens is 370 g/mol. The van der Waals surface area contributed by atoms with Crippen LogP contribution in [0, 0.1) is 0 Å². The maximum atomic E-state index is 12.7. The quantitative estimate of drug-likeness (QED) is 0.783. The number of piperidine rings is 1. The number of carbonyl (C=O) groups is 2. The number of hydrogen-bond acceptors (Lipinski definition) is 5. The zero-order valence-corrected chi connectivity index (χ0v) is 16.4.